The molecule has 228 valence electrons. The summed E-state index contributed by atoms with van der Waals surface area (Å²) in [4.78, 5) is 59.4. The van der Waals surface area contributed by atoms with Gasteiger partial charge in [-0.05, 0) is 31.0 Å². The van der Waals surface area contributed by atoms with Crippen molar-refractivity contribution in [1.82, 2.24) is 25.0 Å². The van der Waals surface area contributed by atoms with Crippen LogP contribution >= 0.6 is 0 Å². The summed E-state index contributed by atoms with van der Waals surface area (Å²) in [5, 5.41) is 3.18. The smallest absolute Gasteiger partial charge is 0.409 e. The number of pyridine rings is 1. The highest BCUT2D eigenvalue weighted by Gasteiger charge is 2.35. The van der Waals surface area contributed by atoms with Gasteiger partial charge in [-0.2, -0.15) is 0 Å². The zero-order valence-corrected chi connectivity index (χ0v) is 24.0. The minimum atomic E-state index is -2.77. The van der Waals surface area contributed by atoms with Gasteiger partial charge in [-0.25, -0.2) is 18.6 Å². The van der Waals surface area contributed by atoms with Crippen LogP contribution in [-0.4, -0.2) is 108 Å². The van der Waals surface area contributed by atoms with E-state index in [1.54, 1.807) is 21.9 Å². The second-order valence-corrected chi connectivity index (χ2v) is 10.6. The lowest BCUT2D eigenvalue weighted by Crippen LogP contribution is -2.52. The van der Waals surface area contributed by atoms with Crippen LogP contribution in [0.15, 0.2) is 24.3 Å². The minimum Gasteiger partial charge on any atom is -0.483 e. The maximum absolute atomic E-state index is 13.5. The van der Waals surface area contributed by atoms with Crippen molar-refractivity contribution < 1.29 is 37.4 Å². The Balaban J connectivity index is 1.34. The number of halogens is 2. The zero-order valence-electron chi connectivity index (χ0n) is 24.0. The Morgan fingerprint density at radius 3 is 2.31 bits per heavy atom. The van der Waals surface area contributed by atoms with Gasteiger partial charge in [0.25, 0.3) is 17.7 Å². The summed E-state index contributed by atoms with van der Waals surface area (Å²) in [6.45, 7) is 4.84. The molecule has 0 radical (unpaired) electrons. The van der Waals surface area contributed by atoms with Crippen molar-refractivity contribution in [2.24, 2.45) is 0 Å². The molecule has 0 spiro atoms. The lowest BCUT2D eigenvalue weighted by atomic mass is 10.1. The van der Waals surface area contributed by atoms with E-state index in [0.29, 0.717) is 43.7 Å². The fourth-order valence-corrected chi connectivity index (χ4v) is 4.75. The summed E-state index contributed by atoms with van der Waals surface area (Å²) >= 11 is 0. The molecule has 4 rings (SSSR count). The number of amides is 4. The van der Waals surface area contributed by atoms with Crippen molar-refractivity contribution >= 4 is 34.7 Å². The molecular formula is C29H37F2N5O6. The Bertz CT molecular complexity index is 1300. The summed E-state index contributed by atoms with van der Waals surface area (Å²) < 4.78 is 38.0. The Morgan fingerprint density at radius 1 is 0.952 bits per heavy atom. The summed E-state index contributed by atoms with van der Waals surface area (Å²) in [5.74, 6) is -3.84. The molecule has 0 unspecified atom stereocenters. The van der Waals surface area contributed by atoms with E-state index in [2.05, 4.69) is 10.3 Å². The Labute approximate surface area is 243 Å². The molecule has 1 N–H and O–H groups in total. The van der Waals surface area contributed by atoms with Gasteiger partial charge in [-0.1, -0.05) is 19.4 Å². The number of piperidine rings is 1. The summed E-state index contributed by atoms with van der Waals surface area (Å²) in [6.07, 6.45) is 0.553. The number of nitrogens with zero attached hydrogens (tertiary/aromatic N) is 4. The van der Waals surface area contributed by atoms with Crippen LogP contribution in [0.4, 0.5) is 13.6 Å². The molecule has 42 heavy (non-hydrogen) atoms. The van der Waals surface area contributed by atoms with Crippen LogP contribution in [0.25, 0.3) is 10.9 Å². The summed E-state index contributed by atoms with van der Waals surface area (Å²) in [6, 6.07) is 6.78. The molecule has 13 heteroatoms. The van der Waals surface area contributed by atoms with E-state index in [-0.39, 0.29) is 56.4 Å². The third kappa shape index (κ3) is 8.04. The van der Waals surface area contributed by atoms with E-state index in [4.69, 9.17) is 9.47 Å². The first kappa shape index (κ1) is 30.9. The SMILES string of the molecule is CCCCOC(=O)N1CCN(C(=O)CNC(=O)c2cc(OCC(=O)N3CCC(F)(F)CC3)c3ccc(C)cc3n2)CC1. The second kappa shape index (κ2) is 13.8. The van der Waals surface area contributed by atoms with E-state index in [9.17, 15) is 28.0 Å². The van der Waals surface area contributed by atoms with Crippen molar-refractivity contribution in [1.29, 1.82) is 0 Å². The average Bonchev–Trinajstić information content (AvgIpc) is 2.98. The van der Waals surface area contributed by atoms with E-state index < -0.39 is 23.8 Å². The molecule has 1 aromatic carbocycles. The number of benzene rings is 1. The van der Waals surface area contributed by atoms with Crippen LogP contribution in [0.3, 0.4) is 0 Å². The molecule has 0 bridgehead atoms. The van der Waals surface area contributed by atoms with Gasteiger partial charge in [0.15, 0.2) is 6.61 Å². The normalized spacial score (nSPS) is 16.7. The standard InChI is InChI=1S/C29H37F2N5O6/c1-3-4-15-41-28(40)36-13-11-35(12-14-36)25(37)18-32-27(39)23-17-24(21-6-5-20(2)16-22(21)33-23)42-19-26(38)34-9-7-29(30,31)8-10-34/h5-6,16-17H,3-4,7-15,18-19H2,1-2H3,(H,32,39). The molecule has 2 aliphatic rings. The molecule has 1 aromatic heterocycles. The van der Waals surface area contributed by atoms with Gasteiger partial charge in [0, 0.05) is 63.6 Å². The van der Waals surface area contributed by atoms with Gasteiger partial charge in [-0.3, -0.25) is 14.4 Å². The van der Waals surface area contributed by atoms with Crippen LogP contribution in [0.2, 0.25) is 0 Å². The van der Waals surface area contributed by atoms with Gasteiger partial charge in [-0.15, -0.1) is 0 Å². The zero-order chi connectivity index (χ0) is 30.3. The van der Waals surface area contributed by atoms with Crippen LogP contribution in [-0.2, 0) is 14.3 Å². The number of aryl methyl sites for hydroxylation is 1. The van der Waals surface area contributed by atoms with Gasteiger partial charge in [0.2, 0.25) is 5.91 Å². The number of alkyl halides is 2. The monoisotopic (exact) mass is 589 g/mol. The highest BCUT2D eigenvalue weighted by atomic mass is 19.3. The fraction of sp³-hybridized carbons (Fsp3) is 0.552. The van der Waals surface area contributed by atoms with Crippen LogP contribution in [0.5, 0.6) is 5.75 Å². The van der Waals surface area contributed by atoms with Crippen LogP contribution in [0, 0.1) is 6.92 Å². The second-order valence-electron chi connectivity index (χ2n) is 10.6. The highest BCUT2D eigenvalue weighted by Crippen LogP contribution is 2.29. The number of rotatable bonds is 9. The third-order valence-corrected chi connectivity index (χ3v) is 7.37. The molecular weight excluding hydrogens is 552 g/mol. The predicted octanol–water partition coefficient (Wildman–Crippen LogP) is 2.99. The molecule has 0 atom stereocenters. The van der Waals surface area contributed by atoms with E-state index in [1.807, 2.05) is 19.9 Å². The molecule has 4 amide bonds. The number of likely N-dealkylation sites (tertiary alicyclic amines) is 1. The molecule has 2 fully saturated rings. The summed E-state index contributed by atoms with van der Waals surface area (Å²) in [7, 11) is 0. The first-order valence-corrected chi connectivity index (χ1v) is 14.2. The first-order valence-electron chi connectivity index (χ1n) is 14.2. The lowest BCUT2D eigenvalue weighted by molar-refractivity contribution is -0.139. The van der Waals surface area contributed by atoms with Crippen molar-refractivity contribution in [2.75, 3.05) is 59.0 Å². The van der Waals surface area contributed by atoms with Crippen molar-refractivity contribution in [3.8, 4) is 5.75 Å². The maximum Gasteiger partial charge on any atom is 0.409 e. The van der Waals surface area contributed by atoms with Gasteiger partial charge >= 0.3 is 6.09 Å². The number of hydrogen-bond donors (Lipinski definition) is 1. The van der Waals surface area contributed by atoms with Crippen LogP contribution in [0.1, 0.15) is 48.7 Å². The van der Waals surface area contributed by atoms with E-state index in [0.717, 1.165) is 18.4 Å². The number of carbonyl (C=O) groups excluding carboxylic acids is 4. The van der Waals surface area contributed by atoms with E-state index >= 15 is 0 Å². The number of nitrogens with one attached hydrogen (secondary N) is 1. The highest BCUT2D eigenvalue weighted by molar-refractivity contribution is 5.98. The molecule has 2 aromatic rings. The maximum atomic E-state index is 13.5. The third-order valence-electron chi connectivity index (χ3n) is 7.37. The van der Waals surface area contributed by atoms with Gasteiger partial charge < -0.3 is 29.5 Å². The molecule has 2 saturated heterocycles. The lowest BCUT2D eigenvalue weighted by Gasteiger charge is -2.34. The first-order chi connectivity index (χ1) is 20.1. The molecule has 0 saturated carbocycles. The van der Waals surface area contributed by atoms with Gasteiger partial charge in [0.05, 0.1) is 18.7 Å². The van der Waals surface area contributed by atoms with Crippen LogP contribution < -0.4 is 10.1 Å². The number of hydrogen-bond acceptors (Lipinski definition) is 7. The minimum absolute atomic E-state index is 0.000563. The van der Waals surface area contributed by atoms with E-state index in [1.165, 1.54) is 11.0 Å². The number of aromatic nitrogens is 1. The number of unbranched alkanes of at least 4 members (excludes halogenated alkanes) is 1. The molecule has 11 nitrogen and oxygen atoms in total. The molecule has 0 aliphatic carbocycles. The van der Waals surface area contributed by atoms with Crippen molar-refractivity contribution in [3.05, 3.63) is 35.5 Å². The topological polar surface area (TPSA) is 121 Å². The molecule has 2 aliphatic heterocycles. The predicted molar refractivity (Wildman–Crippen MR) is 149 cm³/mol. The Morgan fingerprint density at radius 2 is 1.62 bits per heavy atom. The number of carbonyl (C=O) groups is 4. The Hall–Kier alpha value is -4.03. The average molecular weight is 590 g/mol. The summed E-state index contributed by atoms with van der Waals surface area (Å²) in [5.41, 5.74) is 1.36. The van der Waals surface area contributed by atoms with Gasteiger partial charge in [0.1, 0.15) is 11.4 Å². The molecule has 3 heterocycles. The quantitative estimate of drug-likeness (QED) is 0.447. The van der Waals surface area contributed by atoms with Crippen molar-refractivity contribution in [2.45, 2.75) is 45.5 Å². The Kier molecular flexibility index (Phi) is 10.1. The van der Waals surface area contributed by atoms with Crippen molar-refractivity contribution in [3.63, 3.8) is 0 Å². The fourth-order valence-electron chi connectivity index (χ4n) is 4.75. The number of piperazine rings is 1. The largest absolute Gasteiger partial charge is 0.483 e. The number of fused-ring (bicyclic) bond motifs is 1. The number of ether oxygens (including phenoxy) is 2.